The zero-order valence-corrected chi connectivity index (χ0v) is 9.55. The molecular weight excluding hydrogens is 136 g/mol. The van der Waals surface area contributed by atoms with E-state index >= 15 is 0 Å². The third-order valence-corrected chi connectivity index (χ3v) is 0. The first kappa shape index (κ1) is 15.8. The predicted molar refractivity (Wildman–Crippen MR) is 47.7 cm³/mol. The summed E-state index contributed by atoms with van der Waals surface area (Å²) in [6, 6.07) is 0. The second-order valence-corrected chi connectivity index (χ2v) is 1.41. The zero-order chi connectivity index (χ0) is 7.41. The van der Waals surface area contributed by atoms with Crippen molar-refractivity contribution in [2.75, 3.05) is 0 Å². The van der Waals surface area contributed by atoms with Crippen molar-refractivity contribution in [3.05, 3.63) is 0 Å². The van der Waals surface area contributed by atoms with Gasteiger partial charge in [0.05, 0.1) is 0 Å². The Balaban J connectivity index is -0.0000000483. The summed E-state index contributed by atoms with van der Waals surface area (Å²) >= 11 is 4.78. The fraction of sp³-hybridized carbons (Fsp3) is 1.00. The zero-order valence-electron chi connectivity index (χ0n) is 6.79. The molecule has 0 heterocycles. The quantitative estimate of drug-likeness (QED) is 0.371. The van der Waals surface area contributed by atoms with Crippen LogP contribution in [0.1, 0.15) is 40.5 Å². The summed E-state index contributed by atoms with van der Waals surface area (Å²) in [5, 5.41) is 0. The molecule has 0 aromatic rings. The molecule has 0 amide bonds. The molecule has 0 spiro atoms. The molecule has 0 aromatic carbocycles. The number of hydrogen-bond acceptors (Lipinski definition) is 0. The van der Waals surface area contributed by atoms with Crippen molar-refractivity contribution in [3.8, 4) is 0 Å². The number of rotatable bonds is 0. The van der Waals surface area contributed by atoms with Crippen molar-refractivity contribution in [1.29, 1.82) is 0 Å². The minimum atomic E-state index is 0.778. The Bertz CT molecular complexity index is 10.5. The molecule has 0 unspecified atom stereocenters. The van der Waals surface area contributed by atoms with E-state index < -0.39 is 0 Å². The average Bonchev–Trinajstić information content (AvgIpc) is 1.75. The number of hydrogen-bond donors (Lipinski definition) is 0. The molecule has 0 saturated carbocycles. The van der Waals surface area contributed by atoms with Gasteiger partial charge >= 0.3 is 0 Å². The lowest BCUT2D eigenvalue weighted by Gasteiger charge is -1.48. The van der Waals surface area contributed by atoms with E-state index in [2.05, 4.69) is 27.7 Å². The van der Waals surface area contributed by atoms with Crippen molar-refractivity contribution in [2.24, 2.45) is 0 Å². The Morgan fingerprint density at radius 2 is 0.875 bits per heavy atom. The third kappa shape index (κ3) is 768. The van der Waals surface area contributed by atoms with Gasteiger partial charge in [-0.3, -0.25) is 0 Å². The van der Waals surface area contributed by atoms with E-state index in [1.807, 2.05) is 0 Å². The van der Waals surface area contributed by atoms with E-state index in [9.17, 15) is 0 Å². The highest BCUT2D eigenvalue weighted by atomic mass is 35.6. The Kier molecular flexibility index (Phi) is 99.9. The second-order valence-electron chi connectivity index (χ2n) is 1.41. The normalized spacial score (nSPS) is 5.62. The van der Waals surface area contributed by atoms with E-state index in [1.165, 1.54) is 12.8 Å². The van der Waals surface area contributed by atoms with Gasteiger partial charge in [0.25, 0.3) is 0 Å². The van der Waals surface area contributed by atoms with Crippen LogP contribution < -0.4 is 0 Å². The Morgan fingerprint density at radius 1 is 0.875 bits per heavy atom. The Labute approximate surface area is 61.8 Å². The van der Waals surface area contributed by atoms with Gasteiger partial charge in [0.2, 0.25) is 0 Å². The van der Waals surface area contributed by atoms with E-state index in [0.717, 1.165) is 9.55 Å². The van der Waals surface area contributed by atoms with Crippen molar-refractivity contribution in [3.63, 3.8) is 0 Å². The molecule has 0 fully saturated rings. The molecule has 0 aliphatic rings. The molecule has 0 aromatic heterocycles. The van der Waals surface area contributed by atoms with Crippen molar-refractivity contribution < 1.29 is 0 Å². The standard InChI is InChI=1S/2C3H8.ClH3Si/c2*1-3-2;1-2/h2*3H2,1-2H3;2H3. The van der Waals surface area contributed by atoms with E-state index in [4.69, 9.17) is 11.1 Å². The molecule has 2 heteroatoms. The van der Waals surface area contributed by atoms with Gasteiger partial charge in [-0.25, -0.2) is 0 Å². The molecule has 0 atom stereocenters. The summed E-state index contributed by atoms with van der Waals surface area (Å²) in [5.41, 5.74) is 0. The molecule has 0 nitrogen and oxygen atoms in total. The van der Waals surface area contributed by atoms with Crippen LogP contribution in [-0.2, 0) is 0 Å². The summed E-state index contributed by atoms with van der Waals surface area (Å²) in [6.07, 6.45) is 2.50. The van der Waals surface area contributed by atoms with Gasteiger partial charge in [0.15, 0.2) is 0 Å². The van der Waals surface area contributed by atoms with Crippen LogP contribution in [0.3, 0.4) is 0 Å². The van der Waals surface area contributed by atoms with Crippen LogP contribution in [-0.4, -0.2) is 9.55 Å². The molecule has 54 valence electrons. The first-order valence-corrected chi connectivity index (χ1v) is 6.23. The lowest BCUT2D eigenvalue weighted by Crippen LogP contribution is -1.27. The minimum Gasteiger partial charge on any atom is -0.181 e. The first-order valence-electron chi connectivity index (χ1n) is 3.21. The van der Waals surface area contributed by atoms with Gasteiger partial charge < -0.3 is 0 Å². The van der Waals surface area contributed by atoms with Crippen LogP contribution >= 0.6 is 11.1 Å². The average molecular weight is 155 g/mol. The summed E-state index contributed by atoms with van der Waals surface area (Å²) < 4.78 is 0. The Morgan fingerprint density at radius 3 is 0.875 bits per heavy atom. The fourth-order valence-corrected chi connectivity index (χ4v) is 0. The predicted octanol–water partition coefficient (Wildman–Crippen LogP) is 2.34. The van der Waals surface area contributed by atoms with E-state index in [0.29, 0.717) is 0 Å². The monoisotopic (exact) mass is 154 g/mol. The van der Waals surface area contributed by atoms with Gasteiger partial charge in [0, 0.05) is 0 Å². The first-order chi connectivity index (χ1) is 3.83. The van der Waals surface area contributed by atoms with Crippen LogP contribution in [0.4, 0.5) is 0 Å². The number of halogens is 1. The largest absolute Gasteiger partial charge is 0.181 e. The van der Waals surface area contributed by atoms with Crippen molar-refractivity contribution in [1.82, 2.24) is 0 Å². The smallest absolute Gasteiger partial charge is 0.109 e. The lowest BCUT2D eigenvalue weighted by molar-refractivity contribution is 1.09. The highest BCUT2D eigenvalue weighted by Crippen LogP contribution is 1.56. The molecule has 0 saturated heterocycles. The summed E-state index contributed by atoms with van der Waals surface area (Å²) in [6.45, 7) is 8.50. The van der Waals surface area contributed by atoms with Gasteiger partial charge in [-0.2, -0.15) is 11.1 Å². The van der Waals surface area contributed by atoms with Crippen LogP contribution in [0.15, 0.2) is 0 Å². The third-order valence-electron chi connectivity index (χ3n) is 0. The molecule has 0 N–H and O–H groups in total. The van der Waals surface area contributed by atoms with Gasteiger partial charge in [-0.1, -0.05) is 40.5 Å². The van der Waals surface area contributed by atoms with E-state index in [1.54, 1.807) is 0 Å². The van der Waals surface area contributed by atoms with Gasteiger partial charge in [-0.15, -0.1) is 0 Å². The molecule has 0 rings (SSSR count). The Hall–Kier alpha value is 0.507. The SMILES string of the molecule is CCC.CCC.[SiH3]Cl. The topological polar surface area (TPSA) is 0 Å². The van der Waals surface area contributed by atoms with Crippen LogP contribution in [0.2, 0.25) is 0 Å². The molecule has 8 heavy (non-hydrogen) atoms. The van der Waals surface area contributed by atoms with Gasteiger partial charge in [-0.05, 0) is 0 Å². The summed E-state index contributed by atoms with van der Waals surface area (Å²) in [4.78, 5) is 0. The second kappa shape index (κ2) is 50.6. The minimum absolute atomic E-state index is 0.778. The highest BCUT2D eigenvalue weighted by molar-refractivity contribution is 6.80. The van der Waals surface area contributed by atoms with Crippen molar-refractivity contribution in [2.45, 2.75) is 40.5 Å². The maximum Gasteiger partial charge on any atom is 0.109 e. The molecule has 0 radical (unpaired) electrons. The lowest BCUT2D eigenvalue weighted by atomic mass is 10.6. The molecule has 0 bridgehead atoms. The fourth-order valence-electron chi connectivity index (χ4n) is 0. The maximum atomic E-state index is 4.78. The summed E-state index contributed by atoms with van der Waals surface area (Å²) in [5.74, 6) is 0. The van der Waals surface area contributed by atoms with E-state index in [-0.39, 0.29) is 0 Å². The van der Waals surface area contributed by atoms with Crippen LogP contribution in [0.5, 0.6) is 0 Å². The molecule has 0 aliphatic heterocycles. The van der Waals surface area contributed by atoms with Gasteiger partial charge in [0.1, 0.15) is 9.55 Å². The highest BCUT2D eigenvalue weighted by Gasteiger charge is 1.36. The van der Waals surface area contributed by atoms with Crippen LogP contribution in [0.25, 0.3) is 0 Å². The van der Waals surface area contributed by atoms with Crippen LogP contribution in [0, 0.1) is 0 Å². The van der Waals surface area contributed by atoms with Crippen molar-refractivity contribution >= 4 is 20.6 Å². The summed E-state index contributed by atoms with van der Waals surface area (Å²) in [7, 11) is 0.778. The maximum absolute atomic E-state index is 4.78. The molecule has 0 aliphatic carbocycles. The molecular formula is C6H19ClSi.